The summed E-state index contributed by atoms with van der Waals surface area (Å²) in [5.74, 6) is 0. The number of hydrogen-bond donors (Lipinski definition) is 0. The van der Waals surface area contributed by atoms with E-state index in [1.807, 2.05) is 12.2 Å². The summed E-state index contributed by atoms with van der Waals surface area (Å²) in [5.41, 5.74) is 0. The van der Waals surface area contributed by atoms with Gasteiger partial charge in [0.2, 0.25) is 0 Å². The molecule has 0 saturated carbocycles. The molecule has 0 N–H and O–H groups in total. The van der Waals surface area contributed by atoms with Crippen LogP contribution in [0.1, 0.15) is 6.42 Å². The van der Waals surface area contributed by atoms with Gasteiger partial charge in [0.1, 0.15) is 0 Å². The Labute approximate surface area is 89.9 Å². The number of rotatable bonds is 0. The second-order valence-electron chi connectivity index (χ2n) is 1.00. The summed E-state index contributed by atoms with van der Waals surface area (Å²) >= 11 is 0. The molecule has 0 amide bonds. The average Bonchev–Trinajstić information content (AvgIpc) is 1.76. The van der Waals surface area contributed by atoms with Crippen LogP contribution >= 0.6 is 0 Å². The zero-order chi connectivity index (χ0) is 3.54. The predicted octanol–water partition coefficient (Wildman–Crippen LogP) is 1.47. The second kappa shape index (κ2) is 22.7. The molecular formula is C8H17SiZr. The molecule has 0 aromatic carbocycles. The molecule has 0 atom stereocenters. The number of hydrogen-bond acceptors (Lipinski definition) is 0. The van der Waals surface area contributed by atoms with Crippen LogP contribution in [0.5, 0.6) is 0 Å². The first-order valence-electron chi connectivity index (χ1n) is 1.72. The van der Waals surface area contributed by atoms with Gasteiger partial charge in [-0.15, -0.1) is 6.42 Å². The summed E-state index contributed by atoms with van der Waals surface area (Å²) in [6.45, 7) is 0. The summed E-state index contributed by atoms with van der Waals surface area (Å²) in [4.78, 5) is 0. The van der Waals surface area contributed by atoms with Gasteiger partial charge >= 0.3 is 26.2 Å². The van der Waals surface area contributed by atoms with Crippen LogP contribution in [-0.4, -0.2) is 11.0 Å². The van der Waals surface area contributed by atoms with Gasteiger partial charge in [-0.1, -0.05) is 0 Å². The number of allylic oxidation sites excluding steroid dienone is 4. The van der Waals surface area contributed by atoms with Crippen LogP contribution < -0.4 is 0 Å². The van der Waals surface area contributed by atoms with Crippen molar-refractivity contribution < 1.29 is 26.2 Å². The van der Waals surface area contributed by atoms with Crippen LogP contribution in [0.3, 0.4) is 0 Å². The van der Waals surface area contributed by atoms with E-state index in [-0.39, 0.29) is 59.4 Å². The summed E-state index contributed by atoms with van der Waals surface area (Å²) in [6.07, 6.45) is 10.0. The van der Waals surface area contributed by atoms with E-state index in [1.54, 1.807) is 0 Å². The van der Waals surface area contributed by atoms with Crippen molar-refractivity contribution in [2.45, 2.75) is 6.42 Å². The van der Waals surface area contributed by atoms with Crippen LogP contribution in [-0.2, 0) is 26.2 Å². The van der Waals surface area contributed by atoms with Crippen LogP contribution in [0.2, 0.25) is 0 Å². The fourth-order valence-electron chi connectivity index (χ4n) is 0.340. The van der Waals surface area contributed by atoms with E-state index in [0.717, 1.165) is 6.42 Å². The van der Waals surface area contributed by atoms with Crippen molar-refractivity contribution in [2.75, 3.05) is 0 Å². The molecule has 0 aliphatic heterocycles. The fraction of sp³-hybridized carbons (Fsp3) is 0.125. The molecule has 0 saturated heterocycles. The zero-order valence-corrected chi connectivity index (χ0v) is 11.9. The first-order chi connectivity index (χ1) is 2.50. The minimum Gasteiger partial charge on any atom is -0.358 e. The molecule has 1 aliphatic carbocycles. The second-order valence-corrected chi connectivity index (χ2v) is 1.00. The van der Waals surface area contributed by atoms with Gasteiger partial charge in [-0.05, 0) is 11.0 Å². The van der Waals surface area contributed by atoms with E-state index in [1.165, 1.54) is 0 Å². The molecule has 0 fully saturated rings. The summed E-state index contributed by atoms with van der Waals surface area (Å²) in [6, 6.07) is 0. The van der Waals surface area contributed by atoms with Crippen molar-refractivity contribution in [3.8, 4) is 0 Å². The van der Waals surface area contributed by atoms with Crippen LogP contribution in [0.4, 0.5) is 0 Å². The summed E-state index contributed by atoms with van der Waals surface area (Å²) in [7, 11) is 0. The maximum atomic E-state index is 2.99. The van der Waals surface area contributed by atoms with Gasteiger partial charge in [-0.3, -0.25) is 6.08 Å². The minimum absolute atomic E-state index is 0. The third kappa shape index (κ3) is 15.8. The van der Waals surface area contributed by atoms with Gasteiger partial charge in [-0.25, -0.2) is 12.2 Å². The average molecular weight is 233 g/mol. The Balaban J connectivity index is -0.0000000167. The van der Waals surface area contributed by atoms with Gasteiger partial charge in [0.15, 0.2) is 0 Å². The molecule has 57 valence electrons. The predicted molar refractivity (Wildman–Crippen MR) is 50.8 cm³/mol. The van der Waals surface area contributed by atoms with Crippen molar-refractivity contribution >= 4 is 11.0 Å². The van der Waals surface area contributed by atoms with Crippen molar-refractivity contribution in [3.63, 3.8) is 0 Å². The van der Waals surface area contributed by atoms with Crippen molar-refractivity contribution in [3.05, 3.63) is 46.6 Å². The van der Waals surface area contributed by atoms with Gasteiger partial charge in [-0.2, -0.15) is 6.08 Å². The Morgan fingerprint density at radius 1 is 1.10 bits per heavy atom. The molecular weight excluding hydrogens is 215 g/mol. The van der Waals surface area contributed by atoms with Gasteiger partial charge in [0, 0.05) is 0 Å². The first kappa shape index (κ1) is 31.2. The maximum absolute atomic E-state index is 2.99. The molecule has 0 aromatic rings. The Morgan fingerprint density at radius 3 is 1.70 bits per heavy atom. The van der Waals surface area contributed by atoms with E-state index in [9.17, 15) is 0 Å². The molecule has 0 unspecified atom stereocenters. The molecule has 10 heavy (non-hydrogen) atoms. The van der Waals surface area contributed by atoms with Crippen LogP contribution in [0.15, 0.2) is 18.2 Å². The SMILES string of the molecule is [C-]1=CC=CC1.[CH3-].[CH3-].[CH3-].[SiH3].[Zr+4]. The zero-order valence-electron chi connectivity index (χ0n) is 7.44. The molecule has 0 aromatic heterocycles. The molecule has 0 spiro atoms. The third-order valence-corrected chi connectivity index (χ3v) is 0.586. The Morgan fingerprint density at radius 2 is 1.60 bits per heavy atom. The van der Waals surface area contributed by atoms with E-state index < -0.39 is 0 Å². The van der Waals surface area contributed by atoms with Crippen LogP contribution in [0.25, 0.3) is 0 Å². The first-order valence-corrected chi connectivity index (χ1v) is 1.72. The minimum atomic E-state index is 0. The topological polar surface area (TPSA) is 0 Å². The quantitative estimate of drug-likeness (QED) is 0.438. The summed E-state index contributed by atoms with van der Waals surface area (Å²) in [5, 5.41) is 0. The third-order valence-electron chi connectivity index (χ3n) is 0.586. The monoisotopic (exact) mass is 231 g/mol. The molecule has 0 nitrogen and oxygen atoms in total. The smallest absolute Gasteiger partial charge is 0.358 e. The maximum Gasteiger partial charge on any atom is 4.00 e. The molecule has 0 bridgehead atoms. The van der Waals surface area contributed by atoms with E-state index in [0.29, 0.717) is 0 Å². The van der Waals surface area contributed by atoms with Crippen LogP contribution in [0, 0.1) is 28.4 Å². The van der Waals surface area contributed by atoms with Crippen molar-refractivity contribution in [1.29, 1.82) is 0 Å². The standard InChI is InChI=1S/C5H5.3CH3.H3Si.Zr/c1-2-4-5-3-1;;;;;/h1-3H,4H2;4*1H3;/q4*-1;;+4. The molecule has 1 radical (unpaired) electrons. The largest absolute Gasteiger partial charge is 4.00 e. The van der Waals surface area contributed by atoms with E-state index in [4.69, 9.17) is 0 Å². The molecule has 2 heteroatoms. The normalized spacial score (nSPS) is 8.80. The fourth-order valence-corrected chi connectivity index (χ4v) is 0.340. The van der Waals surface area contributed by atoms with Crippen molar-refractivity contribution in [2.24, 2.45) is 0 Å². The molecule has 0 heterocycles. The van der Waals surface area contributed by atoms with Gasteiger partial charge < -0.3 is 22.3 Å². The molecule has 1 rings (SSSR count). The molecule has 1 aliphatic rings. The Kier molecular flexibility index (Phi) is 70.6. The summed E-state index contributed by atoms with van der Waals surface area (Å²) < 4.78 is 0. The van der Waals surface area contributed by atoms with Gasteiger partial charge in [0.05, 0.1) is 0 Å². The Hall–Kier alpha value is 0.580. The van der Waals surface area contributed by atoms with E-state index in [2.05, 4.69) is 12.2 Å². The van der Waals surface area contributed by atoms with E-state index >= 15 is 0 Å². The van der Waals surface area contributed by atoms with Gasteiger partial charge in [0.25, 0.3) is 0 Å². The van der Waals surface area contributed by atoms with Crippen molar-refractivity contribution in [1.82, 2.24) is 0 Å². The Bertz CT molecular complexity index is 67.3.